The SMILES string of the molecule is CCc1ccc2c(NC)nc(=O)n(-c3cccnc3C)c2c1. The van der Waals surface area contributed by atoms with Crippen LogP contribution in [0.4, 0.5) is 5.82 Å². The van der Waals surface area contributed by atoms with Gasteiger partial charge in [0.1, 0.15) is 5.82 Å². The molecule has 1 N–H and O–H groups in total. The number of aromatic nitrogens is 3. The normalized spacial score (nSPS) is 10.9. The van der Waals surface area contributed by atoms with Crippen molar-refractivity contribution in [3.8, 4) is 5.69 Å². The monoisotopic (exact) mass is 294 g/mol. The Morgan fingerprint density at radius 3 is 2.77 bits per heavy atom. The lowest BCUT2D eigenvalue weighted by atomic mass is 10.1. The van der Waals surface area contributed by atoms with Gasteiger partial charge in [-0.05, 0) is 43.2 Å². The molecule has 0 amide bonds. The molecule has 5 heteroatoms. The third-order valence-electron chi connectivity index (χ3n) is 3.82. The van der Waals surface area contributed by atoms with Crippen molar-refractivity contribution in [1.29, 1.82) is 0 Å². The molecule has 0 aliphatic carbocycles. The number of nitrogens with one attached hydrogen (secondary N) is 1. The fraction of sp³-hybridized carbons (Fsp3) is 0.235. The van der Waals surface area contributed by atoms with Crippen LogP contribution in [0, 0.1) is 6.92 Å². The smallest absolute Gasteiger partial charge is 0.354 e. The Kier molecular flexibility index (Phi) is 3.63. The highest BCUT2D eigenvalue weighted by atomic mass is 16.1. The van der Waals surface area contributed by atoms with Crippen LogP contribution in [0.1, 0.15) is 18.2 Å². The molecule has 0 bridgehead atoms. The fourth-order valence-corrected chi connectivity index (χ4v) is 2.63. The van der Waals surface area contributed by atoms with E-state index in [1.54, 1.807) is 17.8 Å². The van der Waals surface area contributed by atoms with E-state index in [0.717, 1.165) is 28.7 Å². The van der Waals surface area contributed by atoms with E-state index in [2.05, 4.69) is 28.3 Å². The Morgan fingerprint density at radius 1 is 1.27 bits per heavy atom. The maximum Gasteiger partial charge on any atom is 0.354 e. The topological polar surface area (TPSA) is 59.8 Å². The van der Waals surface area contributed by atoms with Gasteiger partial charge in [0.15, 0.2) is 0 Å². The molecule has 0 unspecified atom stereocenters. The van der Waals surface area contributed by atoms with Crippen LogP contribution < -0.4 is 11.0 Å². The van der Waals surface area contributed by atoms with Crippen LogP contribution in [0.15, 0.2) is 41.3 Å². The van der Waals surface area contributed by atoms with Crippen LogP contribution in [0.2, 0.25) is 0 Å². The first kappa shape index (κ1) is 14.3. The highest BCUT2D eigenvalue weighted by Gasteiger charge is 2.13. The van der Waals surface area contributed by atoms with E-state index in [1.165, 1.54) is 5.56 Å². The molecule has 112 valence electrons. The molecule has 0 radical (unpaired) electrons. The average molecular weight is 294 g/mol. The Morgan fingerprint density at radius 2 is 2.09 bits per heavy atom. The van der Waals surface area contributed by atoms with E-state index < -0.39 is 0 Å². The summed E-state index contributed by atoms with van der Waals surface area (Å²) in [7, 11) is 1.77. The van der Waals surface area contributed by atoms with Gasteiger partial charge in [-0.1, -0.05) is 13.0 Å². The number of hydrogen-bond acceptors (Lipinski definition) is 4. The largest absolute Gasteiger partial charge is 0.372 e. The molecule has 0 fully saturated rings. The molecule has 0 aliphatic rings. The summed E-state index contributed by atoms with van der Waals surface area (Å²) < 4.78 is 1.64. The standard InChI is InChI=1S/C17H18N4O/c1-4-12-7-8-13-15(10-12)21(17(22)20-16(13)18-3)14-6-5-9-19-11(14)2/h5-10H,4H2,1-3H3,(H,18,20,22). The molecule has 0 aliphatic heterocycles. The lowest BCUT2D eigenvalue weighted by Crippen LogP contribution is -2.24. The molecule has 22 heavy (non-hydrogen) atoms. The molecular weight excluding hydrogens is 276 g/mol. The van der Waals surface area contributed by atoms with Gasteiger partial charge in [-0.2, -0.15) is 4.98 Å². The number of hydrogen-bond donors (Lipinski definition) is 1. The van der Waals surface area contributed by atoms with Crippen LogP contribution >= 0.6 is 0 Å². The van der Waals surface area contributed by atoms with Crippen molar-refractivity contribution >= 4 is 16.7 Å². The van der Waals surface area contributed by atoms with Gasteiger partial charge < -0.3 is 5.32 Å². The summed E-state index contributed by atoms with van der Waals surface area (Å²) in [4.78, 5) is 21.0. The fourth-order valence-electron chi connectivity index (χ4n) is 2.63. The van der Waals surface area contributed by atoms with Crippen LogP contribution in [-0.4, -0.2) is 21.6 Å². The number of aryl methyl sites for hydroxylation is 2. The maximum absolute atomic E-state index is 12.5. The number of pyridine rings is 1. The molecule has 3 rings (SSSR count). The quantitative estimate of drug-likeness (QED) is 0.807. The van der Waals surface area contributed by atoms with Crippen molar-refractivity contribution in [2.24, 2.45) is 0 Å². The zero-order valence-corrected chi connectivity index (χ0v) is 12.9. The molecule has 0 spiro atoms. The molecule has 2 aromatic heterocycles. The lowest BCUT2D eigenvalue weighted by molar-refractivity contribution is 0.935. The molecule has 0 atom stereocenters. The summed E-state index contributed by atoms with van der Waals surface area (Å²) in [5, 5.41) is 3.92. The van der Waals surface area contributed by atoms with Crippen molar-refractivity contribution in [1.82, 2.24) is 14.5 Å². The van der Waals surface area contributed by atoms with E-state index in [1.807, 2.05) is 31.2 Å². The van der Waals surface area contributed by atoms with Gasteiger partial charge in [0.05, 0.1) is 16.9 Å². The van der Waals surface area contributed by atoms with E-state index in [9.17, 15) is 4.79 Å². The van der Waals surface area contributed by atoms with Gasteiger partial charge in [0, 0.05) is 18.6 Å². The van der Waals surface area contributed by atoms with Gasteiger partial charge in [-0.15, -0.1) is 0 Å². The highest BCUT2D eigenvalue weighted by Crippen LogP contribution is 2.24. The average Bonchev–Trinajstić information content (AvgIpc) is 2.54. The molecule has 5 nitrogen and oxygen atoms in total. The predicted octanol–water partition coefficient (Wildman–Crippen LogP) is 2.69. The summed E-state index contributed by atoms with van der Waals surface area (Å²) >= 11 is 0. The predicted molar refractivity (Wildman–Crippen MR) is 88.8 cm³/mol. The number of fused-ring (bicyclic) bond motifs is 1. The Bertz CT molecular complexity index is 899. The molecule has 1 aromatic carbocycles. The number of nitrogens with zero attached hydrogens (tertiary/aromatic N) is 3. The summed E-state index contributed by atoms with van der Waals surface area (Å²) in [5.41, 5.74) is 3.28. The zero-order chi connectivity index (χ0) is 15.7. The van der Waals surface area contributed by atoms with Crippen molar-refractivity contribution in [2.75, 3.05) is 12.4 Å². The minimum Gasteiger partial charge on any atom is -0.372 e. The van der Waals surface area contributed by atoms with E-state index in [4.69, 9.17) is 0 Å². The Hall–Kier alpha value is -2.69. The third kappa shape index (κ3) is 2.24. The Balaban J connectivity index is 2.46. The number of benzene rings is 1. The minimum atomic E-state index is -0.304. The maximum atomic E-state index is 12.5. The van der Waals surface area contributed by atoms with Gasteiger partial charge in [-0.3, -0.25) is 9.55 Å². The molecule has 0 saturated carbocycles. The van der Waals surface area contributed by atoms with E-state index in [-0.39, 0.29) is 5.69 Å². The number of rotatable bonds is 3. The third-order valence-corrected chi connectivity index (χ3v) is 3.82. The second kappa shape index (κ2) is 5.60. The zero-order valence-electron chi connectivity index (χ0n) is 12.9. The second-order valence-electron chi connectivity index (χ2n) is 5.14. The van der Waals surface area contributed by atoms with Crippen LogP contribution in [0.3, 0.4) is 0 Å². The van der Waals surface area contributed by atoms with E-state index >= 15 is 0 Å². The van der Waals surface area contributed by atoms with Crippen LogP contribution in [0.25, 0.3) is 16.6 Å². The Labute approximate surface area is 128 Å². The molecule has 0 saturated heterocycles. The first-order valence-electron chi connectivity index (χ1n) is 7.31. The van der Waals surface area contributed by atoms with Crippen LogP contribution in [0.5, 0.6) is 0 Å². The molecule has 2 heterocycles. The van der Waals surface area contributed by atoms with Gasteiger partial charge in [0.2, 0.25) is 0 Å². The van der Waals surface area contributed by atoms with Gasteiger partial charge in [0.25, 0.3) is 0 Å². The first-order chi connectivity index (χ1) is 10.7. The summed E-state index contributed by atoms with van der Waals surface area (Å²) in [6.07, 6.45) is 2.63. The summed E-state index contributed by atoms with van der Waals surface area (Å²) in [5.74, 6) is 0.598. The minimum absolute atomic E-state index is 0.304. The van der Waals surface area contributed by atoms with Crippen molar-refractivity contribution in [3.05, 3.63) is 58.3 Å². The summed E-state index contributed by atoms with van der Waals surface area (Å²) in [6, 6.07) is 9.84. The first-order valence-corrected chi connectivity index (χ1v) is 7.31. The summed E-state index contributed by atoms with van der Waals surface area (Å²) in [6.45, 7) is 3.99. The highest BCUT2D eigenvalue weighted by molar-refractivity contribution is 5.90. The lowest BCUT2D eigenvalue weighted by Gasteiger charge is -2.14. The van der Waals surface area contributed by atoms with Gasteiger partial charge in [-0.25, -0.2) is 4.79 Å². The molecule has 3 aromatic rings. The van der Waals surface area contributed by atoms with Crippen molar-refractivity contribution in [3.63, 3.8) is 0 Å². The second-order valence-corrected chi connectivity index (χ2v) is 5.14. The van der Waals surface area contributed by atoms with Gasteiger partial charge >= 0.3 is 5.69 Å². The number of anilines is 1. The van der Waals surface area contributed by atoms with Crippen molar-refractivity contribution < 1.29 is 0 Å². The van der Waals surface area contributed by atoms with Crippen molar-refractivity contribution in [2.45, 2.75) is 20.3 Å². The molecular formula is C17H18N4O. The van der Waals surface area contributed by atoms with Crippen LogP contribution in [-0.2, 0) is 6.42 Å². The van der Waals surface area contributed by atoms with E-state index in [0.29, 0.717) is 5.82 Å².